The average Bonchev–Trinajstić information content (AvgIpc) is 3.07. The molecule has 0 spiro atoms. The summed E-state index contributed by atoms with van der Waals surface area (Å²) in [5.74, 6) is -2.27. The maximum Gasteiger partial charge on any atom is 0.335 e. The molecule has 0 saturated carbocycles. The van der Waals surface area contributed by atoms with Crippen LogP contribution in [0.15, 0.2) is 0 Å². The van der Waals surface area contributed by atoms with Gasteiger partial charge in [0.15, 0.2) is 0 Å². The zero-order valence-electron chi connectivity index (χ0n) is 29.3. The topological polar surface area (TPSA) is 159 Å². The van der Waals surface area contributed by atoms with Gasteiger partial charge < -0.3 is 76.2 Å². The maximum atomic E-state index is 11.5. The lowest BCUT2D eigenvalue weighted by Crippen LogP contribution is -2.52. The fourth-order valence-electron chi connectivity index (χ4n) is 3.32. The molecule has 284 valence electrons. The van der Waals surface area contributed by atoms with Gasteiger partial charge in [-0.3, -0.25) is 0 Å². The molecule has 16 heteroatoms. The first-order valence-electron chi connectivity index (χ1n) is 16.5. The van der Waals surface area contributed by atoms with Gasteiger partial charge in [-0.05, 0) is 6.42 Å². The summed E-state index contributed by atoms with van der Waals surface area (Å²) in [7, 11) is 4.85. The van der Waals surface area contributed by atoms with Crippen LogP contribution < -0.4 is 0 Å². The van der Waals surface area contributed by atoms with Crippen LogP contribution in [0.25, 0.3) is 0 Å². The molecule has 1 N–H and O–H groups in total. The molecule has 0 aromatic heterocycles. The zero-order chi connectivity index (χ0) is 34.4. The van der Waals surface area contributed by atoms with Crippen molar-refractivity contribution in [1.29, 1.82) is 0 Å². The average molecular weight is 693 g/mol. The Morgan fingerprint density at radius 3 is 0.979 bits per heavy atom. The lowest BCUT2D eigenvalue weighted by Gasteiger charge is -2.34. The van der Waals surface area contributed by atoms with Gasteiger partial charge in [-0.25, -0.2) is 0 Å². The summed E-state index contributed by atoms with van der Waals surface area (Å²) in [6.45, 7) is 9.95. The minimum atomic E-state index is -2.27. The highest BCUT2D eigenvalue weighted by Gasteiger charge is 2.42. The highest BCUT2D eigenvalue weighted by atomic mass is 16.9. The van der Waals surface area contributed by atoms with E-state index >= 15 is 0 Å². The predicted molar refractivity (Wildman–Crippen MR) is 170 cm³/mol. The van der Waals surface area contributed by atoms with E-state index in [9.17, 15) is 5.11 Å². The Kier molecular flexibility index (Phi) is 37.6. The van der Waals surface area contributed by atoms with Gasteiger partial charge in [-0.1, -0.05) is 13.3 Å². The molecule has 0 amide bonds. The van der Waals surface area contributed by atoms with Crippen LogP contribution in [0.2, 0.25) is 0 Å². The van der Waals surface area contributed by atoms with Gasteiger partial charge in [0.2, 0.25) is 6.29 Å². The molecule has 0 aromatic carbocycles. The molecule has 0 aliphatic rings. The third-order valence-corrected chi connectivity index (χ3v) is 5.79. The summed E-state index contributed by atoms with van der Waals surface area (Å²) in [5, 5.41) is 11.5. The molecule has 0 aliphatic heterocycles. The van der Waals surface area contributed by atoms with E-state index in [0.717, 1.165) is 12.8 Å². The van der Waals surface area contributed by atoms with Gasteiger partial charge in [0.05, 0.1) is 145 Å². The second kappa shape index (κ2) is 38.2. The first-order chi connectivity index (χ1) is 23.1. The van der Waals surface area contributed by atoms with Crippen molar-refractivity contribution in [3.63, 3.8) is 0 Å². The molecule has 0 rings (SSSR count). The summed E-state index contributed by atoms with van der Waals surface area (Å²) in [6, 6.07) is 0. The van der Waals surface area contributed by atoms with Gasteiger partial charge in [0, 0.05) is 27.9 Å². The fourth-order valence-corrected chi connectivity index (χ4v) is 3.32. The number of methoxy groups -OCH3 is 3. The van der Waals surface area contributed by atoms with Crippen LogP contribution in [0.5, 0.6) is 0 Å². The summed E-state index contributed by atoms with van der Waals surface area (Å²) < 4.78 is 81.9. The van der Waals surface area contributed by atoms with Crippen molar-refractivity contribution in [2.75, 3.05) is 173 Å². The Morgan fingerprint density at radius 2 is 0.660 bits per heavy atom. The van der Waals surface area contributed by atoms with Gasteiger partial charge in [-0.15, -0.1) is 0 Å². The van der Waals surface area contributed by atoms with Crippen LogP contribution >= 0.6 is 0 Å². The smallest absolute Gasteiger partial charge is 0.335 e. The van der Waals surface area contributed by atoms with E-state index < -0.39 is 12.3 Å². The van der Waals surface area contributed by atoms with Gasteiger partial charge in [0.25, 0.3) is 0 Å². The zero-order valence-corrected chi connectivity index (χ0v) is 29.3. The molecule has 2 atom stereocenters. The highest BCUT2D eigenvalue weighted by molar-refractivity contribution is 4.63. The Balaban J connectivity index is 4.87. The van der Waals surface area contributed by atoms with E-state index in [1.54, 1.807) is 21.3 Å². The SMILES string of the molecule is CCCCOCCOC(OCCOCCOCCOC)C(O)(OCCOCCOCCOC)OCCOCCOCCOCCOC. The first kappa shape index (κ1) is 46.4. The molecular formula is C31H64O16. The summed E-state index contributed by atoms with van der Waals surface area (Å²) in [4.78, 5) is 0. The van der Waals surface area contributed by atoms with E-state index in [-0.39, 0.29) is 46.2 Å². The molecule has 0 radical (unpaired) electrons. The molecule has 0 aliphatic carbocycles. The van der Waals surface area contributed by atoms with Gasteiger partial charge >= 0.3 is 5.97 Å². The number of rotatable bonds is 41. The number of aliphatic hydroxyl groups is 1. The van der Waals surface area contributed by atoms with Crippen molar-refractivity contribution in [2.45, 2.75) is 32.0 Å². The van der Waals surface area contributed by atoms with Crippen molar-refractivity contribution in [3.05, 3.63) is 0 Å². The van der Waals surface area contributed by atoms with E-state index in [4.69, 9.17) is 71.1 Å². The van der Waals surface area contributed by atoms with E-state index in [0.29, 0.717) is 106 Å². The van der Waals surface area contributed by atoms with Crippen LogP contribution in [0, 0.1) is 0 Å². The van der Waals surface area contributed by atoms with Crippen molar-refractivity contribution >= 4 is 0 Å². The third-order valence-electron chi connectivity index (χ3n) is 5.79. The third kappa shape index (κ3) is 32.3. The van der Waals surface area contributed by atoms with E-state index in [1.165, 1.54) is 0 Å². The molecule has 16 nitrogen and oxygen atoms in total. The molecule has 0 heterocycles. The largest absolute Gasteiger partial charge is 0.382 e. The predicted octanol–water partition coefficient (Wildman–Crippen LogP) is 0.897. The van der Waals surface area contributed by atoms with Gasteiger partial charge in [-0.2, -0.15) is 0 Å². The standard InChI is InChI=1S/C31H64O16/c1-5-6-7-36-22-26-44-30(45-27-23-41-19-15-38-12-9-34-3)31(32,46-28-24-42-20-16-39-13-10-35-4)47-29-25-43-21-18-40-17-14-37-11-8-33-2/h30,32H,5-29H2,1-4H3. The minimum absolute atomic E-state index is 0.0126. The van der Waals surface area contributed by atoms with E-state index in [2.05, 4.69) is 6.92 Å². The molecule has 0 bridgehead atoms. The number of hydrogen-bond donors (Lipinski definition) is 1. The Morgan fingerprint density at radius 1 is 0.383 bits per heavy atom. The lowest BCUT2D eigenvalue weighted by atomic mass is 10.4. The van der Waals surface area contributed by atoms with Crippen LogP contribution in [-0.4, -0.2) is 191 Å². The molecule has 0 aromatic rings. The molecular weight excluding hydrogens is 628 g/mol. The minimum Gasteiger partial charge on any atom is -0.382 e. The normalized spacial score (nSPS) is 13.7. The molecule has 47 heavy (non-hydrogen) atoms. The maximum absolute atomic E-state index is 11.5. The van der Waals surface area contributed by atoms with Crippen LogP contribution in [0.3, 0.4) is 0 Å². The van der Waals surface area contributed by atoms with Crippen LogP contribution in [0.1, 0.15) is 19.8 Å². The summed E-state index contributed by atoms with van der Waals surface area (Å²) in [6.07, 6.45) is 0.634. The second-order valence-electron chi connectivity index (χ2n) is 9.63. The number of unbranched alkanes of at least 4 members (excludes halogenated alkanes) is 1. The van der Waals surface area contributed by atoms with Crippen molar-refractivity contribution in [3.8, 4) is 0 Å². The molecule has 2 unspecified atom stereocenters. The quantitative estimate of drug-likeness (QED) is 0.0711. The molecule has 0 saturated heterocycles. The summed E-state index contributed by atoms with van der Waals surface area (Å²) >= 11 is 0. The monoisotopic (exact) mass is 692 g/mol. The highest BCUT2D eigenvalue weighted by Crippen LogP contribution is 2.20. The Hall–Kier alpha value is -0.640. The van der Waals surface area contributed by atoms with Crippen LogP contribution in [-0.2, 0) is 71.1 Å². The first-order valence-corrected chi connectivity index (χ1v) is 16.5. The molecule has 0 fully saturated rings. The second-order valence-corrected chi connectivity index (χ2v) is 9.63. The van der Waals surface area contributed by atoms with Crippen LogP contribution in [0.4, 0.5) is 0 Å². The van der Waals surface area contributed by atoms with Gasteiger partial charge in [0.1, 0.15) is 0 Å². The Labute approximate surface area is 281 Å². The van der Waals surface area contributed by atoms with Crippen molar-refractivity contribution in [1.82, 2.24) is 0 Å². The lowest BCUT2D eigenvalue weighted by molar-refractivity contribution is -0.445. The van der Waals surface area contributed by atoms with E-state index in [1.807, 2.05) is 0 Å². The Bertz CT molecular complexity index is 594. The fraction of sp³-hybridized carbons (Fsp3) is 1.00. The number of hydrogen-bond acceptors (Lipinski definition) is 16. The summed E-state index contributed by atoms with van der Waals surface area (Å²) in [5.41, 5.74) is 0. The van der Waals surface area contributed by atoms with Crippen molar-refractivity contribution < 1.29 is 76.2 Å². The van der Waals surface area contributed by atoms with Crippen molar-refractivity contribution in [2.24, 2.45) is 0 Å². The number of ether oxygens (including phenoxy) is 15.